The van der Waals surface area contributed by atoms with Gasteiger partial charge in [-0.3, -0.25) is 10.6 Å². The van der Waals surface area contributed by atoms with Gasteiger partial charge >= 0.3 is 0 Å². The number of aliphatic hydroxyl groups is 1. The summed E-state index contributed by atoms with van der Waals surface area (Å²) in [7, 11) is 1.94. The molecule has 0 rings (SSSR count). The van der Waals surface area contributed by atoms with Crippen LogP contribution in [0.1, 0.15) is 33.6 Å². The Bertz CT molecular complexity index is 155. The van der Waals surface area contributed by atoms with E-state index in [0.29, 0.717) is 5.92 Å². The summed E-state index contributed by atoms with van der Waals surface area (Å²) in [5.74, 6) is 1.25. The van der Waals surface area contributed by atoms with Crippen LogP contribution in [0.25, 0.3) is 0 Å². The highest BCUT2D eigenvalue weighted by Crippen LogP contribution is 2.04. The third-order valence-corrected chi connectivity index (χ3v) is 2.88. The number of hydrogen-bond donors (Lipinski definition) is 4. The molecule has 0 aliphatic rings. The largest absolute Gasteiger partial charge is 0.365 e. The Morgan fingerprint density at radius 2 is 1.75 bits per heavy atom. The van der Waals surface area contributed by atoms with Crippen LogP contribution < -0.4 is 16.0 Å². The Morgan fingerprint density at radius 3 is 2.31 bits per heavy atom. The van der Waals surface area contributed by atoms with E-state index in [9.17, 15) is 5.11 Å². The van der Waals surface area contributed by atoms with Gasteiger partial charge in [-0.15, -0.1) is 0 Å². The highest BCUT2D eigenvalue weighted by Gasteiger charge is 2.06. The molecule has 0 aliphatic carbocycles. The molecule has 0 heterocycles. The molecule has 4 heteroatoms. The van der Waals surface area contributed by atoms with Crippen molar-refractivity contribution in [3.05, 3.63) is 0 Å². The number of rotatable bonds is 10. The second-order valence-corrected chi connectivity index (χ2v) is 4.73. The zero-order chi connectivity index (χ0) is 12.4. The monoisotopic (exact) mass is 231 g/mol. The van der Waals surface area contributed by atoms with Gasteiger partial charge in [0.15, 0.2) is 6.35 Å². The van der Waals surface area contributed by atoms with Gasteiger partial charge < -0.3 is 10.4 Å². The van der Waals surface area contributed by atoms with Gasteiger partial charge in [0.05, 0.1) is 0 Å². The van der Waals surface area contributed by atoms with Gasteiger partial charge in [0.1, 0.15) is 0 Å². The lowest BCUT2D eigenvalue weighted by Gasteiger charge is -2.18. The Hall–Kier alpha value is -0.160. The van der Waals surface area contributed by atoms with Crippen molar-refractivity contribution < 1.29 is 5.11 Å². The Labute approximate surface area is 100 Å². The molecule has 1 unspecified atom stereocenters. The highest BCUT2D eigenvalue weighted by atomic mass is 16.3. The normalized spacial score (nSPS) is 17.1. The molecule has 0 saturated carbocycles. The standard InChI is InChI=1S/C12H29N3O/c1-5-10(2)6-7-14-12(16)15-9-11(3)8-13-4/h10-16H,5-9H2,1-4H3/t10-,11-,12?/m1/s1. The summed E-state index contributed by atoms with van der Waals surface area (Å²) in [5, 5.41) is 18.9. The van der Waals surface area contributed by atoms with Crippen molar-refractivity contribution in [2.75, 3.05) is 26.7 Å². The lowest BCUT2D eigenvalue weighted by Crippen LogP contribution is -2.45. The van der Waals surface area contributed by atoms with E-state index in [-0.39, 0.29) is 0 Å². The predicted molar refractivity (Wildman–Crippen MR) is 69.2 cm³/mol. The summed E-state index contributed by atoms with van der Waals surface area (Å²) in [5.41, 5.74) is 0. The molecule has 0 aromatic carbocycles. The van der Waals surface area contributed by atoms with Gasteiger partial charge in [0.25, 0.3) is 0 Å². The van der Waals surface area contributed by atoms with Gasteiger partial charge in [0, 0.05) is 6.54 Å². The van der Waals surface area contributed by atoms with Crippen molar-refractivity contribution in [1.29, 1.82) is 0 Å². The molecule has 4 N–H and O–H groups in total. The van der Waals surface area contributed by atoms with E-state index in [1.807, 2.05) is 7.05 Å². The van der Waals surface area contributed by atoms with E-state index in [4.69, 9.17) is 0 Å². The molecule has 0 aromatic rings. The Balaban J connectivity index is 3.40. The lowest BCUT2D eigenvalue weighted by molar-refractivity contribution is 0.0959. The molecule has 0 fully saturated rings. The van der Waals surface area contributed by atoms with Gasteiger partial charge in [-0.05, 0) is 38.4 Å². The maximum atomic E-state index is 9.61. The topological polar surface area (TPSA) is 56.3 Å². The van der Waals surface area contributed by atoms with Crippen LogP contribution in [-0.4, -0.2) is 38.1 Å². The van der Waals surface area contributed by atoms with Crippen molar-refractivity contribution >= 4 is 0 Å². The number of nitrogens with one attached hydrogen (secondary N) is 3. The van der Waals surface area contributed by atoms with E-state index < -0.39 is 6.35 Å². The summed E-state index contributed by atoms with van der Waals surface area (Å²) in [6, 6.07) is 0. The highest BCUT2D eigenvalue weighted by molar-refractivity contribution is 4.61. The lowest BCUT2D eigenvalue weighted by atomic mass is 10.1. The summed E-state index contributed by atoms with van der Waals surface area (Å²) < 4.78 is 0. The molecule has 0 saturated heterocycles. The first-order valence-electron chi connectivity index (χ1n) is 6.39. The van der Waals surface area contributed by atoms with Crippen LogP contribution in [0.2, 0.25) is 0 Å². The zero-order valence-electron chi connectivity index (χ0n) is 11.2. The zero-order valence-corrected chi connectivity index (χ0v) is 11.2. The summed E-state index contributed by atoms with van der Waals surface area (Å²) in [6.07, 6.45) is 1.73. The second-order valence-electron chi connectivity index (χ2n) is 4.73. The fraction of sp³-hybridized carbons (Fsp3) is 1.00. The van der Waals surface area contributed by atoms with E-state index in [0.717, 1.165) is 32.0 Å². The van der Waals surface area contributed by atoms with E-state index in [1.54, 1.807) is 0 Å². The van der Waals surface area contributed by atoms with Crippen LogP contribution in [0.4, 0.5) is 0 Å². The molecule has 0 bridgehead atoms. The molecule has 98 valence electrons. The fourth-order valence-corrected chi connectivity index (χ4v) is 1.48. The molecule has 0 aliphatic heterocycles. The van der Waals surface area contributed by atoms with Crippen LogP contribution in [0.3, 0.4) is 0 Å². The number of aliphatic hydroxyl groups excluding tert-OH is 1. The first kappa shape index (κ1) is 15.8. The first-order chi connectivity index (χ1) is 7.60. The average Bonchev–Trinajstić information content (AvgIpc) is 2.26. The quantitative estimate of drug-likeness (QED) is 0.419. The number of hydrogen-bond acceptors (Lipinski definition) is 4. The third-order valence-electron chi connectivity index (χ3n) is 2.88. The minimum absolute atomic E-state index is 0.524. The van der Waals surface area contributed by atoms with Gasteiger partial charge in [-0.25, -0.2) is 0 Å². The van der Waals surface area contributed by atoms with E-state index >= 15 is 0 Å². The molecule has 0 spiro atoms. The minimum Gasteiger partial charge on any atom is -0.365 e. The predicted octanol–water partition coefficient (Wildman–Crippen LogP) is 0.733. The molecule has 0 amide bonds. The van der Waals surface area contributed by atoms with Crippen LogP contribution in [0, 0.1) is 11.8 Å². The minimum atomic E-state index is -0.580. The summed E-state index contributed by atoms with van der Waals surface area (Å²) >= 11 is 0. The maximum Gasteiger partial charge on any atom is 0.160 e. The molecule has 16 heavy (non-hydrogen) atoms. The molecular weight excluding hydrogens is 202 g/mol. The first-order valence-corrected chi connectivity index (χ1v) is 6.39. The fourth-order valence-electron chi connectivity index (χ4n) is 1.48. The third kappa shape index (κ3) is 9.09. The smallest absolute Gasteiger partial charge is 0.160 e. The van der Waals surface area contributed by atoms with Crippen molar-refractivity contribution in [3.8, 4) is 0 Å². The van der Waals surface area contributed by atoms with Gasteiger partial charge in [0.2, 0.25) is 0 Å². The van der Waals surface area contributed by atoms with Crippen LogP contribution in [-0.2, 0) is 0 Å². The van der Waals surface area contributed by atoms with Crippen molar-refractivity contribution in [2.45, 2.75) is 40.0 Å². The van der Waals surface area contributed by atoms with Crippen molar-refractivity contribution in [2.24, 2.45) is 11.8 Å². The summed E-state index contributed by atoms with van der Waals surface area (Å²) in [6.45, 7) is 9.22. The van der Waals surface area contributed by atoms with Crippen LogP contribution in [0.5, 0.6) is 0 Å². The van der Waals surface area contributed by atoms with Gasteiger partial charge in [-0.2, -0.15) is 0 Å². The van der Waals surface area contributed by atoms with E-state index in [2.05, 4.69) is 36.7 Å². The van der Waals surface area contributed by atoms with E-state index in [1.165, 1.54) is 6.42 Å². The van der Waals surface area contributed by atoms with Gasteiger partial charge in [-0.1, -0.05) is 27.2 Å². The SMILES string of the molecule is CC[C@@H](C)CCNC(O)NC[C@H](C)CNC. The van der Waals surface area contributed by atoms with Crippen LogP contribution in [0.15, 0.2) is 0 Å². The van der Waals surface area contributed by atoms with Crippen molar-refractivity contribution in [3.63, 3.8) is 0 Å². The molecule has 4 nitrogen and oxygen atoms in total. The van der Waals surface area contributed by atoms with Crippen LogP contribution >= 0.6 is 0 Å². The summed E-state index contributed by atoms with van der Waals surface area (Å²) in [4.78, 5) is 0. The molecule has 3 atom stereocenters. The second kappa shape index (κ2) is 10.0. The Morgan fingerprint density at radius 1 is 1.06 bits per heavy atom. The molecule has 0 radical (unpaired) electrons. The average molecular weight is 231 g/mol. The Kier molecular flexibility index (Phi) is 9.92. The van der Waals surface area contributed by atoms with Crippen molar-refractivity contribution in [1.82, 2.24) is 16.0 Å². The maximum absolute atomic E-state index is 9.61. The molecular formula is C12H29N3O. The molecule has 0 aromatic heterocycles.